The second-order valence-corrected chi connectivity index (χ2v) is 6.47. The van der Waals surface area contributed by atoms with Gasteiger partial charge in [-0.25, -0.2) is 9.37 Å². The van der Waals surface area contributed by atoms with E-state index in [-0.39, 0.29) is 11.2 Å². The van der Waals surface area contributed by atoms with Gasteiger partial charge in [-0.15, -0.1) is 11.6 Å². The van der Waals surface area contributed by atoms with E-state index in [0.717, 1.165) is 41.3 Å². The van der Waals surface area contributed by atoms with Gasteiger partial charge in [0.05, 0.1) is 16.4 Å². The highest BCUT2D eigenvalue weighted by atomic mass is 35.5. The van der Waals surface area contributed by atoms with Crippen molar-refractivity contribution in [1.29, 1.82) is 0 Å². The third kappa shape index (κ3) is 3.42. The van der Waals surface area contributed by atoms with Crippen LogP contribution in [0, 0.1) is 5.82 Å². The molecule has 0 bridgehead atoms. The molecule has 19 heavy (non-hydrogen) atoms. The Morgan fingerprint density at radius 3 is 2.95 bits per heavy atom. The quantitative estimate of drug-likeness (QED) is 0.572. The Balaban J connectivity index is 2.31. The molecule has 1 heterocycles. The normalized spacial score (nSPS) is 13.1. The Morgan fingerprint density at radius 2 is 2.26 bits per heavy atom. The Hall–Kier alpha value is -0.740. The van der Waals surface area contributed by atoms with Crippen molar-refractivity contribution in [2.75, 3.05) is 11.5 Å². The van der Waals surface area contributed by atoms with Crippen molar-refractivity contribution >= 4 is 34.4 Å². The number of aromatic nitrogens is 2. The van der Waals surface area contributed by atoms with E-state index in [1.165, 1.54) is 12.1 Å². The lowest BCUT2D eigenvalue weighted by molar-refractivity contribution is 0.624. The molecule has 2 nitrogen and oxygen atoms in total. The van der Waals surface area contributed by atoms with Gasteiger partial charge in [-0.3, -0.25) is 0 Å². The maximum atomic E-state index is 13.4. The van der Waals surface area contributed by atoms with Crippen LogP contribution in [-0.4, -0.2) is 21.1 Å². The van der Waals surface area contributed by atoms with E-state index in [4.69, 9.17) is 11.6 Å². The van der Waals surface area contributed by atoms with Gasteiger partial charge in [0.1, 0.15) is 11.6 Å². The lowest BCUT2D eigenvalue weighted by atomic mass is 10.3. The predicted molar refractivity (Wildman–Crippen MR) is 81.6 cm³/mol. The van der Waals surface area contributed by atoms with E-state index >= 15 is 0 Å². The van der Waals surface area contributed by atoms with Crippen LogP contribution in [0.2, 0.25) is 0 Å². The molecule has 0 amide bonds. The number of hydrogen-bond acceptors (Lipinski definition) is 2. The summed E-state index contributed by atoms with van der Waals surface area (Å²) in [5.41, 5.74) is 1.65. The van der Waals surface area contributed by atoms with Crippen molar-refractivity contribution < 1.29 is 4.39 Å². The van der Waals surface area contributed by atoms with Crippen molar-refractivity contribution in [3.05, 3.63) is 29.8 Å². The van der Waals surface area contributed by atoms with E-state index in [0.29, 0.717) is 0 Å². The number of rotatable bonds is 6. The fourth-order valence-electron chi connectivity index (χ4n) is 2.12. The molecular formula is C14H18ClFN2S. The molecule has 0 N–H and O–H groups in total. The van der Waals surface area contributed by atoms with Crippen molar-refractivity contribution in [3.63, 3.8) is 0 Å². The molecule has 1 aromatic carbocycles. The van der Waals surface area contributed by atoms with Gasteiger partial charge in [0, 0.05) is 6.54 Å². The number of hydrogen-bond donors (Lipinski definition) is 0. The number of nitrogens with zero attached hydrogens (tertiary/aromatic N) is 2. The lowest BCUT2D eigenvalue weighted by Crippen LogP contribution is -2.05. The monoisotopic (exact) mass is 300 g/mol. The number of halogens is 2. The summed E-state index contributed by atoms with van der Waals surface area (Å²) in [5, 5.41) is -0.172. The summed E-state index contributed by atoms with van der Waals surface area (Å²) in [5.74, 6) is 2.81. The Kier molecular flexibility index (Phi) is 5.11. The first kappa shape index (κ1) is 14.7. The highest BCUT2D eigenvalue weighted by Crippen LogP contribution is 2.25. The van der Waals surface area contributed by atoms with Crippen LogP contribution >= 0.6 is 23.4 Å². The van der Waals surface area contributed by atoms with E-state index in [1.54, 1.807) is 6.07 Å². The molecule has 2 aromatic rings. The minimum absolute atomic E-state index is 0.172. The first-order chi connectivity index (χ1) is 9.13. The van der Waals surface area contributed by atoms with Gasteiger partial charge in [0.25, 0.3) is 0 Å². The topological polar surface area (TPSA) is 17.8 Å². The first-order valence-corrected chi connectivity index (χ1v) is 8.10. The summed E-state index contributed by atoms with van der Waals surface area (Å²) in [7, 11) is 0. The molecule has 0 saturated heterocycles. The minimum Gasteiger partial charge on any atom is -0.327 e. The zero-order chi connectivity index (χ0) is 13.8. The van der Waals surface area contributed by atoms with Crippen LogP contribution < -0.4 is 0 Å². The second kappa shape index (κ2) is 6.62. The summed E-state index contributed by atoms with van der Waals surface area (Å²) in [6.07, 6.45) is 1.04. The zero-order valence-corrected chi connectivity index (χ0v) is 12.8. The predicted octanol–water partition coefficient (Wildman–Crippen LogP) is 4.62. The molecule has 1 unspecified atom stereocenters. The largest absolute Gasteiger partial charge is 0.327 e. The molecule has 5 heteroatoms. The van der Waals surface area contributed by atoms with Gasteiger partial charge in [-0.2, -0.15) is 11.8 Å². The molecule has 1 aromatic heterocycles. The van der Waals surface area contributed by atoms with Crippen LogP contribution in [0.5, 0.6) is 0 Å². The van der Waals surface area contributed by atoms with Gasteiger partial charge in [-0.05, 0) is 43.0 Å². The number of benzene rings is 1. The molecule has 0 aliphatic rings. The fourth-order valence-corrected chi connectivity index (χ4v) is 2.91. The third-order valence-electron chi connectivity index (χ3n) is 2.97. The summed E-state index contributed by atoms with van der Waals surface area (Å²) in [6.45, 7) is 4.88. The van der Waals surface area contributed by atoms with Crippen LogP contribution in [-0.2, 0) is 6.54 Å². The number of fused-ring (bicyclic) bond motifs is 1. The fraction of sp³-hybridized carbons (Fsp3) is 0.500. The summed E-state index contributed by atoms with van der Waals surface area (Å²) >= 11 is 8.09. The first-order valence-electron chi connectivity index (χ1n) is 6.51. The Bertz CT molecular complexity index is 554. The average molecular weight is 301 g/mol. The van der Waals surface area contributed by atoms with Crippen molar-refractivity contribution in [2.45, 2.75) is 32.2 Å². The van der Waals surface area contributed by atoms with Crippen molar-refractivity contribution in [2.24, 2.45) is 0 Å². The Labute approximate surface area is 122 Å². The molecule has 0 aliphatic carbocycles. The number of thioether (sulfide) groups is 1. The molecule has 0 aliphatic heterocycles. The van der Waals surface area contributed by atoms with Gasteiger partial charge >= 0.3 is 0 Å². The van der Waals surface area contributed by atoms with E-state index in [2.05, 4.69) is 11.9 Å². The highest BCUT2D eigenvalue weighted by Gasteiger charge is 2.15. The van der Waals surface area contributed by atoms with Crippen LogP contribution in [0.25, 0.3) is 11.0 Å². The lowest BCUT2D eigenvalue weighted by Gasteiger charge is -2.10. The maximum absolute atomic E-state index is 13.4. The van der Waals surface area contributed by atoms with Gasteiger partial charge in [0.15, 0.2) is 0 Å². The van der Waals surface area contributed by atoms with E-state index in [1.807, 2.05) is 23.3 Å². The molecule has 1 atom stereocenters. The molecule has 0 spiro atoms. The molecule has 0 radical (unpaired) electrons. The maximum Gasteiger partial charge on any atom is 0.127 e. The van der Waals surface area contributed by atoms with E-state index in [9.17, 15) is 4.39 Å². The molecule has 0 fully saturated rings. The molecular weight excluding hydrogens is 283 g/mol. The SMILES string of the molecule is CCSCCCn1c(C(C)Cl)nc2ccc(F)cc21. The second-order valence-electron chi connectivity index (χ2n) is 4.42. The van der Waals surface area contributed by atoms with Crippen LogP contribution in [0.4, 0.5) is 4.39 Å². The zero-order valence-electron chi connectivity index (χ0n) is 11.2. The standard InChI is InChI=1S/C14H18ClFN2S/c1-3-19-8-4-7-18-13-9-11(16)5-6-12(13)17-14(18)10(2)15/h5-6,9-10H,3-4,7-8H2,1-2H3. The van der Waals surface area contributed by atoms with Gasteiger partial charge in [-0.1, -0.05) is 6.92 Å². The summed E-state index contributed by atoms with van der Waals surface area (Å²) in [6, 6.07) is 4.69. The molecule has 104 valence electrons. The number of imidazole rings is 1. The van der Waals surface area contributed by atoms with E-state index < -0.39 is 0 Å². The number of alkyl halides is 1. The van der Waals surface area contributed by atoms with Gasteiger partial charge < -0.3 is 4.57 Å². The van der Waals surface area contributed by atoms with Crippen LogP contribution in [0.3, 0.4) is 0 Å². The summed E-state index contributed by atoms with van der Waals surface area (Å²) in [4.78, 5) is 4.51. The smallest absolute Gasteiger partial charge is 0.127 e. The Morgan fingerprint density at radius 1 is 1.47 bits per heavy atom. The number of aryl methyl sites for hydroxylation is 1. The summed E-state index contributed by atoms with van der Waals surface area (Å²) < 4.78 is 15.4. The highest BCUT2D eigenvalue weighted by molar-refractivity contribution is 7.99. The minimum atomic E-state index is -0.231. The van der Waals surface area contributed by atoms with Crippen molar-refractivity contribution in [1.82, 2.24) is 9.55 Å². The van der Waals surface area contributed by atoms with Crippen LogP contribution in [0.1, 0.15) is 31.5 Å². The average Bonchev–Trinajstić information content (AvgIpc) is 2.73. The van der Waals surface area contributed by atoms with Crippen molar-refractivity contribution in [3.8, 4) is 0 Å². The van der Waals surface area contributed by atoms with Gasteiger partial charge in [0.2, 0.25) is 0 Å². The van der Waals surface area contributed by atoms with Crippen LogP contribution in [0.15, 0.2) is 18.2 Å². The molecule has 2 rings (SSSR count). The molecule has 0 saturated carbocycles. The third-order valence-corrected chi connectivity index (χ3v) is 4.15.